The third-order valence-corrected chi connectivity index (χ3v) is 5.98. The van der Waals surface area contributed by atoms with Crippen LogP contribution in [0.2, 0.25) is 10.0 Å². The molecule has 0 heterocycles. The summed E-state index contributed by atoms with van der Waals surface area (Å²) in [5.41, 5.74) is 1.25. The van der Waals surface area contributed by atoms with Crippen molar-refractivity contribution in [2.45, 2.75) is 11.8 Å². The number of nitrogens with one attached hydrogen (secondary N) is 1. The number of anilines is 1. The Balaban J connectivity index is 2.38. The second kappa shape index (κ2) is 5.93. The van der Waals surface area contributed by atoms with Crippen LogP contribution in [0.5, 0.6) is 0 Å². The second-order valence-electron chi connectivity index (χ2n) is 4.14. The molecule has 0 spiro atoms. The fourth-order valence-corrected chi connectivity index (χ4v) is 3.42. The van der Waals surface area contributed by atoms with E-state index in [1.807, 2.05) is 6.92 Å². The van der Waals surface area contributed by atoms with Crippen molar-refractivity contribution in [3.63, 3.8) is 0 Å². The fourth-order valence-electron chi connectivity index (χ4n) is 1.53. The van der Waals surface area contributed by atoms with Crippen molar-refractivity contribution in [3.8, 4) is 0 Å². The highest BCUT2D eigenvalue weighted by Gasteiger charge is 2.17. The van der Waals surface area contributed by atoms with Gasteiger partial charge >= 0.3 is 0 Å². The Morgan fingerprint density at radius 3 is 2.25 bits per heavy atom. The van der Waals surface area contributed by atoms with E-state index >= 15 is 0 Å². The average molecular weight is 395 g/mol. The van der Waals surface area contributed by atoms with Gasteiger partial charge in [-0.2, -0.15) is 0 Å². The lowest BCUT2D eigenvalue weighted by Crippen LogP contribution is -2.13. The number of sulfonamides is 1. The van der Waals surface area contributed by atoms with Gasteiger partial charge < -0.3 is 0 Å². The summed E-state index contributed by atoms with van der Waals surface area (Å²) in [5, 5.41) is 0.626. The van der Waals surface area contributed by atoms with Gasteiger partial charge in [-0.3, -0.25) is 4.72 Å². The number of halogens is 3. The zero-order valence-corrected chi connectivity index (χ0v) is 14.2. The van der Waals surface area contributed by atoms with Crippen molar-refractivity contribution in [3.05, 3.63) is 56.5 Å². The van der Waals surface area contributed by atoms with Gasteiger partial charge in [-0.25, -0.2) is 8.42 Å². The summed E-state index contributed by atoms with van der Waals surface area (Å²) < 4.78 is 27.4. The highest BCUT2D eigenvalue weighted by atomic mass is 79.9. The Kier molecular flexibility index (Phi) is 4.64. The summed E-state index contributed by atoms with van der Waals surface area (Å²) >= 11 is 15.1. The molecule has 0 atom stereocenters. The maximum atomic E-state index is 12.2. The van der Waals surface area contributed by atoms with Gasteiger partial charge in [-0.15, -0.1) is 0 Å². The molecule has 0 bridgehead atoms. The molecule has 0 fully saturated rings. The molecule has 0 unspecified atom stereocenters. The molecule has 3 nitrogen and oxygen atoms in total. The molecule has 0 aromatic heterocycles. The van der Waals surface area contributed by atoms with Crippen molar-refractivity contribution < 1.29 is 8.42 Å². The van der Waals surface area contributed by atoms with E-state index in [9.17, 15) is 8.42 Å². The average Bonchev–Trinajstić information content (AvgIpc) is 2.40. The first-order valence-electron chi connectivity index (χ1n) is 5.54. The molecule has 0 amide bonds. The van der Waals surface area contributed by atoms with Gasteiger partial charge in [0.25, 0.3) is 10.0 Å². The molecule has 20 heavy (non-hydrogen) atoms. The van der Waals surface area contributed by atoms with Gasteiger partial charge in [0.15, 0.2) is 0 Å². The van der Waals surface area contributed by atoms with E-state index in [0.29, 0.717) is 9.50 Å². The molecular formula is C13H10BrCl2NO2S. The van der Waals surface area contributed by atoms with Gasteiger partial charge in [-0.05, 0) is 47.1 Å². The highest BCUT2D eigenvalue weighted by molar-refractivity contribution is 9.10. The number of benzene rings is 2. The Morgan fingerprint density at radius 2 is 1.65 bits per heavy atom. The van der Waals surface area contributed by atoms with Gasteiger partial charge in [-0.1, -0.05) is 40.9 Å². The molecule has 0 aliphatic rings. The van der Waals surface area contributed by atoms with Crippen LogP contribution in [0.4, 0.5) is 5.69 Å². The van der Waals surface area contributed by atoms with Crippen LogP contribution in [-0.4, -0.2) is 8.42 Å². The molecule has 2 aromatic carbocycles. The molecule has 2 rings (SSSR count). The SMILES string of the molecule is Cc1ccc(S(=O)(=O)Nc2ccc(Cl)c(Br)c2Cl)cc1. The van der Waals surface area contributed by atoms with Gasteiger partial charge in [0.05, 0.1) is 25.1 Å². The van der Waals surface area contributed by atoms with Crippen LogP contribution in [0.15, 0.2) is 45.8 Å². The third-order valence-electron chi connectivity index (χ3n) is 2.61. The molecule has 106 valence electrons. The Bertz CT molecular complexity index is 746. The van der Waals surface area contributed by atoms with E-state index in [1.165, 1.54) is 18.2 Å². The van der Waals surface area contributed by atoms with Gasteiger partial charge in [0, 0.05) is 0 Å². The van der Waals surface area contributed by atoms with Crippen LogP contribution in [0.3, 0.4) is 0 Å². The highest BCUT2D eigenvalue weighted by Crippen LogP contribution is 2.36. The standard InChI is InChI=1S/C13H10BrCl2NO2S/c1-8-2-4-9(5-3-8)20(18,19)17-11-7-6-10(15)12(14)13(11)16/h2-7,17H,1H3. The minimum absolute atomic E-state index is 0.172. The van der Waals surface area contributed by atoms with E-state index < -0.39 is 10.0 Å². The molecule has 7 heteroatoms. The lowest BCUT2D eigenvalue weighted by molar-refractivity contribution is 0.601. The van der Waals surface area contributed by atoms with Crippen molar-refractivity contribution in [2.75, 3.05) is 4.72 Å². The third kappa shape index (κ3) is 3.28. The first-order chi connectivity index (χ1) is 9.31. The van der Waals surface area contributed by atoms with E-state index in [0.717, 1.165) is 5.56 Å². The first kappa shape index (κ1) is 15.6. The number of aryl methyl sites for hydroxylation is 1. The summed E-state index contributed by atoms with van der Waals surface area (Å²) in [6.07, 6.45) is 0. The molecule has 2 aromatic rings. The number of hydrogen-bond acceptors (Lipinski definition) is 2. The van der Waals surface area contributed by atoms with Crippen molar-refractivity contribution in [1.29, 1.82) is 0 Å². The minimum atomic E-state index is -3.68. The quantitative estimate of drug-likeness (QED) is 0.755. The number of rotatable bonds is 3. The van der Waals surface area contributed by atoms with Crippen molar-refractivity contribution >= 4 is 54.8 Å². The van der Waals surface area contributed by atoms with Crippen LogP contribution >= 0.6 is 39.1 Å². The van der Waals surface area contributed by atoms with E-state index in [2.05, 4.69) is 20.7 Å². The van der Waals surface area contributed by atoms with Gasteiger partial charge in [0.2, 0.25) is 0 Å². The van der Waals surface area contributed by atoms with Crippen LogP contribution in [-0.2, 0) is 10.0 Å². The Hall–Kier alpha value is -0.750. The monoisotopic (exact) mass is 393 g/mol. The molecule has 0 aliphatic heterocycles. The Labute approximate surface area is 136 Å². The fraction of sp³-hybridized carbons (Fsp3) is 0.0769. The van der Waals surface area contributed by atoms with Crippen molar-refractivity contribution in [2.24, 2.45) is 0 Å². The zero-order valence-electron chi connectivity index (χ0n) is 10.3. The normalized spacial score (nSPS) is 11.4. The zero-order chi connectivity index (χ0) is 14.9. The van der Waals surface area contributed by atoms with Crippen molar-refractivity contribution in [1.82, 2.24) is 0 Å². The molecule has 1 N–H and O–H groups in total. The van der Waals surface area contributed by atoms with Crippen LogP contribution in [0.25, 0.3) is 0 Å². The summed E-state index contributed by atoms with van der Waals surface area (Å²) in [7, 11) is -3.68. The van der Waals surface area contributed by atoms with E-state index in [4.69, 9.17) is 23.2 Å². The minimum Gasteiger partial charge on any atom is -0.278 e. The largest absolute Gasteiger partial charge is 0.278 e. The van der Waals surface area contributed by atoms with Crippen LogP contribution < -0.4 is 4.72 Å². The number of hydrogen-bond donors (Lipinski definition) is 1. The molecule has 0 saturated heterocycles. The predicted molar refractivity (Wildman–Crippen MR) is 86.1 cm³/mol. The smallest absolute Gasteiger partial charge is 0.261 e. The Morgan fingerprint density at radius 1 is 1.05 bits per heavy atom. The maximum Gasteiger partial charge on any atom is 0.261 e. The van der Waals surface area contributed by atoms with Crippen LogP contribution in [0.1, 0.15) is 5.56 Å². The molecule has 0 saturated carbocycles. The summed E-state index contributed by atoms with van der Waals surface area (Å²) in [5.74, 6) is 0. The summed E-state index contributed by atoms with van der Waals surface area (Å²) in [6, 6.07) is 9.61. The lowest BCUT2D eigenvalue weighted by Gasteiger charge is -2.11. The first-order valence-corrected chi connectivity index (χ1v) is 8.57. The topological polar surface area (TPSA) is 46.2 Å². The molecule has 0 aliphatic carbocycles. The van der Waals surface area contributed by atoms with E-state index in [1.54, 1.807) is 18.2 Å². The molecular weight excluding hydrogens is 385 g/mol. The summed E-state index contributed by atoms with van der Waals surface area (Å²) in [4.78, 5) is 0.172. The maximum absolute atomic E-state index is 12.2. The van der Waals surface area contributed by atoms with Crippen LogP contribution in [0, 0.1) is 6.92 Å². The molecule has 0 radical (unpaired) electrons. The summed E-state index contributed by atoms with van der Waals surface area (Å²) in [6.45, 7) is 1.89. The van der Waals surface area contributed by atoms with Gasteiger partial charge in [0.1, 0.15) is 0 Å². The van der Waals surface area contributed by atoms with E-state index in [-0.39, 0.29) is 15.6 Å². The second-order valence-corrected chi connectivity index (χ2v) is 7.40. The lowest BCUT2D eigenvalue weighted by atomic mass is 10.2. The predicted octanol–water partition coefficient (Wildman–Crippen LogP) is 4.87.